The summed E-state index contributed by atoms with van der Waals surface area (Å²) in [6, 6.07) is 8.58. The predicted molar refractivity (Wildman–Crippen MR) is 132 cm³/mol. The molecule has 0 radical (unpaired) electrons. The highest BCUT2D eigenvalue weighted by Gasteiger charge is 2.30. The van der Waals surface area contributed by atoms with Crippen LogP contribution in [-0.4, -0.2) is 44.3 Å². The zero-order valence-electron chi connectivity index (χ0n) is 19.3. The van der Waals surface area contributed by atoms with Crippen molar-refractivity contribution in [3.8, 4) is 0 Å². The number of nitrogens with one attached hydrogen (secondary N) is 1. The van der Waals surface area contributed by atoms with E-state index in [1.807, 2.05) is 4.90 Å². The molecule has 1 aromatic carbocycles. The van der Waals surface area contributed by atoms with Crippen LogP contribution in [0.5, 0.6) is 0 Å². The zero-order chi connectivity index (χ0) is 23.3. The molecule has 0 atom stereocenters. The average Bonchev–Trinajstić information content (AvgIpc) is 3.16. The normalized spacial score (nSPS) is 18.9. The maximum Gasteiger partial charge on any atom is 0.323 e. The van der Waals surface area contributed by atoms with E-state index in [-0.39, 0.29) is 12.1 Å². The number of carbonyl (C=O) groups is 2. The molecular weight excluding hydrogens is 442 g/mol. The molecule has 0 spiro atoms. The smallest absolute Gasteiger partial charge is 0.323 e. The van der Waals surface area contributed by atoms with Gasteiger partial charge in [0.1, 0.15) is 4.75 Å². The fourth-order valence-electron chi connectivity index (χ4n) is 3.83. The predicted octanol–water partition coefficient (Wildman–Crippen LogP) is 6.06. The Labute approximate surface area is 198 Å². The number of aliphatic carboxylic acids is 1. The Balaban J connectivity index is 1.67. The molecule has 1 saturated carbocycles. The number of carboxylic acid groups (broad SMARTS) is 1. The molecule has 1 aliphatic rings. The first-order valence-electron chi connectivity index (χ1n) is 11.2. The number of aromatic nitrogens is 1. The highest BCUT2D eigenvalue weighted by Crippen LogP contribution is 2.37. The Morgan fingerprint density at radius 1 is 1.22 bits per heavy atom. The van der Waals surface area contributed by atoms with E-state index in [0.29, 0.717) is 17.6 Å². The summed E-state index contributed by atoms with van der Waals surface area (Å²) < 4.78 is -0.183. The minimum Gasteiger partial charge on any atom is -0.480 e. The summed E-state index contributed by atoms with van der Waals surface area (Å²) >= 11 is 2.55. The number of anilines is 1. The van der Waals surface area contributed by atoms with Crippen LogP contribution in [0.3, 0.4) is 0 Å². The Morgan fingerprint density at radius 3 is 2.50 bits per heavy atom. The van der Waals surface area contributed by atoms with Gasteiger partial charge in [0.15, 0.2) is 5.13 Å². The van der Waals surface area contributed by atoms with Gasteiger partial charge in [-0.25, -0.2) is 9.78 Å². The molecule has 0 saturated heterocycles. The van der Waals surface area contributed by atoms with Gasteiger partial charge in [-0.15, -0.1) is 0 Å². The summed E-state index contributed by atoms with van der Waals surface area (Å²) in [6.45, 7) is 8.34. The molecule has 1 fully saturated rings. The Hall–Kier alpha value is -2.06. The molecule has 1 heterocycles. The van der Waals surface area contributed by atoms with Crippen molar-refractivity contribution in [1.82, 2.24) is 9.88 Å². The second kappa shape index (κ2) is 10.7. The molecular formula is C24H33N3O3S2. The molecule has 1 aromatic heterocycles. The number of carboxylic acids is 1. The van der Waals surface area contributed by atoms with E-state index in [0.717, 1.165) is 36.3 Å². The summed E-state index contributed by atoms with van der Waals surface area (Å²) in [5, 5.41) is 12.8. The second-order valence-corrected chi connectivity index (χ2v) is 12.1. The minimum absolute atomic E-state index is 0.125. The maximum absolute atomic E-state index is 13.3. The average molecular weight is 476 g/mol. The minimum atomic E-state index is -0.952. The summed E-state index contributed by atoms with van der Waals surface area (Å²) in [6.07, 6.45) is 6.77. The summed E-state index contributed by atoms with van der Waals surface area (Å²) in [7, 11) is 0. The van der Waals surface area contributed by atoms with Crippen LogP contribution in [0.4, 0.5) is 9.93 Å². The van der Waals surface area contributed by atoms with E-state index in [1.54, 1.807) is 20.0 Å². The Morgan fingerprint density at radius 2 is 1.88 bits per heavy atom. The van der Waals surface area contributed by atoms with Gasteiger partial charge in [0.2, 0.25) is 0 Å². The van der Waals surface area contributed by atoms with E-state index in [2.05, 4.69) is 48.4 Å². The van der Waals surface area contributed by atoms with Crippen molar-refractivity contribution in [2.45, 2.75) is 74.8 Å². The lowest BCUT2D eigenvalue weighted by Crippen LogP contribution is -2.45. The summed E-state index contributed by atoms with van der Waals surface area (Å²) in [5.41, 5.74) is 2.45. The van der Waals surface area contributed by atoms with E-state index < -0.39 is 10.7 Å². The van der Waals surface area contributed by atoms with E-state index in [9.17, 15) is 14.7 Å². The van der Waals surface area contributed by atoms with Crippen LogP contribution in [0.2, 0.25) is 0 Å². The topological polar surface area (TPSA) is 82.5 Å². The van der Waals surface area contributed by atoms with E-state index in [1.165, 1.54) is 34.2 Å². The molecule has 6 nitrogen and oxygen atoms in total. The highest BCUT2D eigenvalue weighted by molar-refractivity contribution is 8.03. The van der Waals surface area contributed by atoms with Crippen molar-refractivity contribution in [3.05, 3.63) is 41.6 Å². The standard InChI is InChI=1S/C24H33N3O3S2/c1-16-5-9-18(10-6-16)13-14-27(19-11-7-17(2)8-12-19)23(30)26-22-25-15-20(31-22)32-24(3,4)21(28)29/h5-6,9-10,15,17,19H,7-8,11-14H2,1-4H3,(H,28,29)(H,25,26,30). The first-order valence-corrected chi connectivity index (χ1v) is 12.8. The van der Waals surface area contributed by atoms with Crippen molar-refractivity contribution in [3.63, 3.8) is 0 Å². The second-order valence-electron chi connectivity index (χ2n) is 9.17. The van der Waals surface area contributed by atoms with Crippen LogP contribution in [0.1, 0.15) is 57.6 Å². The van der Waals surface area contributed by atoms with Crippen LogP contribution in [0.15, 0.2) is 34.7 Å². The number of hydrogen-bond donors (Lipinski definition) is 2. The van der Waals surface area contributed by atoms with Crippen LogP contribution >= 0.6 is 23.1 Å². The van der Waals surface area contributed by atoms with Crippen molar-refractivity contribution in [2.24, 2.45) is 5.92 Å². The Bertz CT molecular complexity index is 919. The number of rotatable bonds is 8. The molecule has 3 rings (SSSR count). The molecule has 8 heteroatoms. The maximum atomic E-state index is 13.3. The third kappa shape index (κ3) is 6.72. The van der Waals surface area contributed by atoms with Gasteiger partial charge in [-0.05, 0) is 64.4 Å². The number of benzene rings is 1. The van der Waals surface area contributed by atoms with Crippen LogP contribution in [0, 0.1) is 12.8 Å². The summed E-state index contributed by atoms with van der Waals surface area (Å²) in [5.74, 6) is -0.167. The lowest BCUT2D eigenvalue weighted by Gasteiger charge is -2.36. The fraction of sp³-hybridized carbons (Fsp3) is 0.542. The van der Waals surface area contributed by atoms with Gasteiger partial charge in [-0.3, -0.25) is 10.1 Å². The Kier molecular flexibility index (Phi) is 8.22. The van der Waals surface area contributed by atoms with Gasteiger partial charge in [0.25, 0.3) is 0 Å². The first kappa shape index (κ1) is 24.6. The number of aryl methyl sites for hydroxylation is 1. The SMILES string of the molecule is Cc1ccc(CCN(C(=O)Nc2ncc(SC(C)(C)C(=O)O)s2)C2CCC(C)CC2)cc1. The molecule has 1 aliphatic carbocycles. The third-order valence-corrected chi connectivity index (χ3v) is 8.22. The number of urea groups is 1. The number of nitrogens with zero attached hydrogens (tertiary/aromatic N) is 2. The van der Waals surface area contributed by atoms with Crippen LogP contribution in [0.25, 0.3) is 0 Å². The van der Waals surface area contributed by atoms with Gasteiger partial charge in [0, 0.05) is 12.6 Å². The van der Waals surface area contributed by atoms with Gasteiger partial charge in [-0.1, -0.05) is 59.9 Å². The number of thiazole rings is 1. The number of hydrogen-bond acceptors (Lipinski definition) is 5. The third-order valence-electron chi connectivity index (χ3n) is 6.02. The zero-order valence-corrected chi connectivity index (χ0v) is 20.9. The van der Waals surface area contributed by atoms with Crippen molar-refractivity contribution in [2.75, 3.05) is 11.9 Å². The van der Waals surface area contributed by atoms with Gasteiger partial charge < -0.3 is 10.0 Å². The van der Waals surface area contributed by atoms with Crippen LogP contribution in [-0.2, 0) is 11.2 Å². The largest absolute Gasteiger partial charge is 0.480 e. The number of amides is 2. The highest BCUT2D eigenvalue weighted by atomic mass is 32.2. The first-order chi connectivity index (χ1) is 15.1. The van der Waals surface area contributed by atoms with Gasteiger partial charge in [0.05, 0.1) is 10.4 Å². The quantitative estimate of drug-likeness (QED) is 0.453. The number of thioether (sulfide) groups is 1. The molecule has 174 valence electrons. The summed E-state index contributed by atoms with van der Waals surface area (Å²) in [4.78, 5) is 30.9. The molecule has 32 heavy (non-hydrogen) atoms. The molecule has 0 bridgehead atoms. The van der Waals surface area contributed by atoms with E-state index in [4.69, 9.17) is 0 Å². The van der Waals surface area contributed by atoms with Crippen molar-refractivity contribution >= 4 is 40.2 Å². The lowest BCUT2D eigenvalue weighted by molar-refractivity contribution is -0.138. The van der Waals surface area contributed by atoms with Gasteiger partial charge >= 0.3 is 12.0 Å². The monoisotopic (exact) mass is 475 g/mol. The van der Waals surface area contributed by atoms with Crippen LogP contribution < -0.4 is 5.32 Å². The lowest BCUT2D eigenvalue weighted by atomic mass is 9.86. The van der Waals surface area contributed by atoms with E-state index >= 15 is 0 Å². The number of carbonyl (C=O) groups excluding carboxylic acids is 1. The van der Waals surface area contributed by atoms with Gasteiger partial charge in [-0.2, -0.15) is 0 Å². The van der Waals surface area contributed by atoms with Crippen molar-refractivity contribution < 1.29 is 14.7 Å². The fourth-order valence-corrected chi connectivity index (χ4v) is 6.09. The van der Waals surface area contributed by atoms with Crippen molar-refractivity contribution in [1.29, 1.82) is 0 Å². The molecule has 2 amide bonds. The molecule has 2 N–H and O–H groups in total. The molecule has 2 aromatic rings. The molecule has 0 unspecified atom stereocenters. The molecule has 0 aliphatic heterocycles.